The Kier molecular flexibility index (Phi) is 5.15. The first kappa shape index (κ1) is 17.6. The van der Waals surface area contributed by atoms with Gasteiger partial charge in [0.15, 0.2) is 0 Å². The lowest BCUT2D eigenvalue weighted by atomic mass is 10.0. The van der Waals surface area contributed by atoms with Crippen LogP contribution in [0.3, 0.4) is 0 Å². The number of nitrogens with one attached hydrogen (secondary N) is 1. The highest BCUT2D eigenvalue weighted by atomic mass is 19.1. The van der Waals surface area contributed by atoms with E-state index in [2.05, 4.69) is 4.98 Å². The molecule has 134 valence electrons. The van der Waals surface area contributed by atoms with Gasteiger partial charge in [0, 0.05) is 11.8 Å². The first-order valence-corrected chi connectivity index (χ1v) is 8.20. The number of aromatic nitrogens is 2. The summed E-state index contributed by atoms with van der Waals surface area (Å²) in [7, 11) is 0. The largest absolute Gasteiger partial charge is 0.374 e. The lowest BCUT2D eigenvalue weighted by Gasteiger charge is -2.26. The molecule has 1 saturated heterocycles. The number of hydrogen-bond donors (Lipinski definition) is 1. The second-order valence-electron chi connectivity index (χ2n) is 6.38. The molecule has 2 aromatic rings. The van der Waals surface area contributed by atoms with Gasteiger partial charge in [-0.1, -0.05) is 30.3 Å². The number of nitrogens with zero attached hydrogens (tertiary/aromatic N) is 1. The van der Waals surface area contributed by atoms with E-state index in [0.717, 1.165) is 5.56 Å². The molecule has 0 unspecified atom stereocenters. The minimum absolute atomic E-state index is 0.103. The molecule has 3 rings (SSSR count). The Hall–Kier alpha value is -2.25. The van der Waals surface area contributed by atoms with Crippen molar-refractivity contribution >= 4 is 0 Å². The zero-order valence-corrected chi connectivity index (χ0v) is 14.0. The summed E-state index contributed by atoms with van der Waals surface area (Å²) in [6.07, 6.45) is 1.75. The summed E-state index contributed by atoms with van der Waals surface area (Å²) in [6.45, 7) is 1.38. The van der Waals surface area contributed by atoms with Crippen molar-refractivity contribution in [1.82, 2.24) is 9.55 Å². The fourth-order valence-electron chi connectivity index (χ4n) is 2.96. The van der Waals surface area contributed by atoms with Crippen molar-refractivity contribution in [2.24, 2.45) is 0 Å². The quantitative estimate of drug-likeness (QED) is 0.867. The van der Waals surface area contributed by atoms with E-state index in [4.69, 9.17) is 9.47 Å². The maximum atomic E-state index is 13.7. The summed E-state index contributed by atoms with van der Waals surface area (Å²) >= 11 is 0. The summed E-state index contributed by atoms with van der Waals surface area (Å²) in [5.41, 5.74) is -0.648. The summed E-state index contributed by atoms with van der Waals surface area (Å²) in [6, 6.07) is 9.61. The monoisotopic (exact) mass is 348 g/mol. The smallest absolute Gasteiger partial charge is 0.330 e. The Morgan fingerprint density at radius 2 is 2.12 bits per heavy atom. The van der Waals surface area contributed by atoms with Gasteiger partial charge in [0.05, 0.1) is 13.2 Å². The third kappa shape index (κ3) is 3.88. The standard InChI is InChI=1S/C18H21FN2O4/c1-13-9-21(17(23)20-16(13)22)15-7-8-18(11-19,25-15)12-24-10-14-5-3-2-4-6-14/h2-6,9,15H,7-8,10-12H2,1H3,(H,20,22,23)/t15-,18-/m0/s1. The molecule has 7 heteroatoms. The maximum Gasteiger partial charge on any atom is 0.330 e. The molecule has 6 nitrogen and oxygen atoms in total. The molecule has 0 bridgehead atoms. The minimum Gasteiger partial charge on any atom is -0.374 e. The minimum atomic E-state index is -1.07. The summed E-state index contributed by atoms with van der Waals surface area (Å²) < 4.78 is 26.5. The summed E-state index contributed by atoms with van der Waals surface area (Å²) in [5.74, 6) is 0. The van der Waals surface area contributed by atoms with Crippen LogP contribution in [-0.4, -0.2) is 28.4 Å². The second-order valence-corrected chi connectivity index (χ2v) is 6.38. The predicted octanol–water partition coefficient (Wildman–Crippen LogP) is 2.08. The molecule has 0 aliphatic carbocycles. The topological polar surface area (TPSA) is 73.3 Å². The van der Waals surface area contributed by atoms with Crippen molar-refractivity contribution in [2.75, 3.05) is 13.3 Å². The lowest BCUT2D eigenvalue weighted by Crippen LogP contribution is -2.39. The Bertz CT molecular complexity index is 833. The fraction of sp³-hybridized carbons (Fsp3) is 0.444. The molecule has 1 fully saturated rings. The first-order valence-electron chi connectivity index (χ1n) is 8.20. The van der Waals surface area contributed by atoms with E-state index in [1.54, 1.807) is 6.92 Å². The van der Waals surface area contributed by atoms with Crippen molar-refractivity contribution in [2.45, 2.75) is 38.2 Å². The molecular formula is C18H21FN2O4. The van der Waals surface area contributed by atoms with E-state index in [1.165, 1.54) is 10.8 Å². The van der Waals surface area contributed by atoms with Gasteiger partial charge in [0.1, 0.15) is 18.5 Å². The van der Waals surface area contributed by atoms with E-state index in [1.807, 2.05) is 30.3 Å². The van der Waals surface area contributed by atoms with Gasteiger partial charge < -0.3 is 9.47 Å². The highest BCUT2D eigenvalue weighted by Gasteiger charge is 2.42. The van der Waals surface area contributed by atoms with E-state index >= 15 is 0 Å². The van der Waals surface area contributed by atoms with Gasteiger partial charge in [0.2, 0.25) is 0 Å². The molecule has 2 atom stereocenters. The van der Waals surface area contributed by atoms with Gasteiger partial charge in [-0.15, -0.1) is 0 Å². The van der Waals surface area contributed by atoms with Crippen molar-refractivity contribution in [3.05, 3.63) is 68.5 Å². The number of aromatic amines is 1. The van der Waals surface area contributed by atoms with Gasteiger partial charge in [-0.25, -0.2) is 9.18 Å². The molecule has 0 amide bonds. The van der Waals surface area contributed by atoms with Crippen LogP contribution in [0.4, 0.5) is 4.39 Å². The molecule has 0 radical (unpaired) electrons. The Morgan fingerprint density at radius 1 is 1.36 bits per heavy atom. The van der Waals surface area contributed by atoms with Crippen LogP contribution >= 0.6 is 0 Å². The van der Waals surface area contributed by atoms with Crippen LogP contribution < -0.4 is 11.2 Å². The normalized spacial score (nSPS) is 23.0. The van der Waals surface area contributed by atoms with Gasteiger partial charge in [-0.3, -0.25) is 14.3 Å². The van der Waals surface area contributed by atoms with Crippen LogP contribution in [0.25, 0.3) is 0 Å². The second kappa shape index (κ2) is 7.33. The van der Waals surface area contributed by atoms with Gasteiger partial charge >= 0.3 is 5.69 Å². The molecule has 0 spiro atoms. The molecular weight excluding hydrogens is 327 g/mol. The van der Waals surface area contributed by atoms with Crippen molar-refractivity contribution < 1.29 is 13.9 Å². The average molecular weight is 348 g/mol. The predicted molar refractivity (Wildman–Crippen MR) is 90.2 cm³/mol. The zero-order valence-electron chi connectivity index (χ0n) is 14.0. The molecule has 1 aromatic heterocycles. The van der Waals surface area contributed by atoms with E-state index in [-0.39, 0.29) is 6.61 Å². The summed E-state index contributed by atoms with van der Waals surface area (Å²) in [5, 5.41) is 0. The third-order valence-corrected chi connectivity index (χ3v) is 4.41. The van der Waals surface area contributed by atoms with Crippen molar-refractivity contribution in [3.8, 4) is 0 Å². The van der Waals surface area contributed by atoms with Crippen LogP contribution in [0, 0.1) is 6.92 Å². The summed E-state index contributed by atoms with van der Waals surface area (Å²) in [4.78, 5) is 25.7. The van der Waals surface area contributed by atoms with Gasteiger partial charge in [0.25, 0.3) is 5.56 Å². The van der Waals surface area contributed by atoms with Crippen LogP contribution in [-0.2, 0) is 16.1 Å². The number of hydrogen-bond acceptors (Lipinski definition) is 4. The number of benzene rings is 1. The Morgan fingerprint density at radius 3 is 2.84 bits per heavy atom. The number of alkyl halides is 1. The van der Waals surface area contributed by atoms with Crippen molar-refractivity contribution in [1.29, 1.82) is 0 Å². The molecule has 1 aromatic carbocycles. The molecule has 1 N–H and O–H groups in total. The molecule has 1 aliphatic heterocycles. The SMILES string of the molecule is Cc1cn([C@@H]2CC[C@](CF)(COCc3ccccc3)O2)c(=O)[nH]c1=O. The van der Waals surface area contributed by atoms with E-state index in [0.29, 0.717) is 25.0 Å². The van der Waals surface area contributed by atoms with Crippen molar-refractivity contribution in [3.63, 3.8) is 0 Å². The van der Waals surface area contributed by atoms with Crippen LogP contribution in [0.15, 0.2) is 46.1 Å². The molecule has 25 heavy (non-hydrogen) atoms. The van der Waals surface area contributed by atoms with Gasteiger partial charge in [-0.2, -0.15) is 0 Å². The highest BCUT2D eigenvalue weighted by molar-refractivity contribution is 5.13. The fourth-order valence-corrected chi connectivity index (χ4v) is 2.96. The molecule has 0 saturated carbocycles. The zero-order chi connectivity index (χ0) is 17.9. The number of ether oxygens (including phenoxy) is 2. The maximum absolute atomic E-state index is 13.7. The van der Waals surface area contributed by atoms with E-state index in [9.17, 15) is 14.0 Å². The Balaban J connectivity index is 1.67. The first-order chi connectivity index (χ1) is 12.0. The highest BCUT2D eigenvalue weighted by Crippen LogP contribution is 2.36. The van der Waals surface area contributed by atoms with Gasteiger partial charge in [-0.05, 0) is 25.3 Å². The van der Waals surface area contributed by atoms with Crippen LogP contribution in [0.2, 0.25) is 0 Å². The van der Waals surface area contributed by atoms with Crippen LogP contribution in [0.5, 0.6) is 0 Å². The average Bonchev–Trinajstić information content (AvgIpc) is 3.04. The Labute approximate surface area is 144 Å². The number of halogens is 1. The number of aryl methyl sites for hydroxylation is 1. The molecule has 2 heterocycles. The lowest BCUT2D eigenvalue weighted by molar-refractivity contribution is -0.125. The number of rotatable bonds is 6. The number of H-pyrrole nitrogens is 1. The third-order valence-electron chi connectivity index (χ3n) is 4.41. The van der Waals surface area contributed by atoms with E-state index < -0.39 is 29.8 Å². The van der Waals surface area contributed by atoms with Crippen LogP contribution in [0.1, 0.15) is 30.2 Å². The molecule has 1 aliphatic rings.